The number of hydrogen-bond donors (Lipinski definition) is 2. The number of ether oxygens (including phenoxy) is 1. The lowest BCUT2D eigenvalue weighted by Crippen LogP contribution is -2.23. The quantitative estimate of drug-likeness (QED) is 0.396. The summed E-state index contributed by atoms with van der Waals surface area (Å²) in [6.45, 7) is 8.08. The maximum Gasteiger partial charge on any atom is 0.244 e. The Morgan fingerprint density at radius 2 is 1.89 bits per heavy atom. The van der Waals surface area contributed by atoms with Gasteiger partial charge in [0.1, 0.15) is 15.7 Å². The number of aromatic nitrogens is 2. The van der Waals surface area contributed by atoms with Crippen molar-refractivity contribution in [2.75, 3.05) is 24.7 Å². The SMILES string of the molecule is CC1=CC(OC(C)C)=C(Nc2ncc(Cl)c(Nc3ccccc3S(=O)(=O)N(C)C)n2)CC1C1=CCC(C)=N1. The largest absolute Gasteiger partial charge is 0.489 e. The van der Waals surface area contributed by atoms with Gasteiger partial charge in [0.25, 0.3) is 0 Å². The summed E-state index contributed by atoms with van der Waals surface area (Å²) in [7, 11) is -0.725. The summed E-state index contributed by atoms with van der Waals surface area (Å²) >= 11 is 6.41. The first-order chi connectivity index (χ1) is 18.0. The molecule has 2 aliphatic rings. The van der Waals surface area contributed by atoms with E-state index in [4.69, 9.17) is 21.3 Å². The highest BCUT2D eigenvalue weighted by atomic mass is 35.5. The van der Waals surface area contributed by atoms with Gasteiger partial charge in [-0.25, -0.2) is 17.7 Å². The van der Waals surface area contributed by atoms with Crippen molar-refractivity contribution >= 4 is 44.8 Å². The molecule has 2 heterocycles. The van der Waals surface area contributed by atoms with Gasteiger partial charge in [0.05, 0.1) is 23.7 Å². The number of sulfonamides is 1. The van der Waals surface area contributed by atoms with Gasteiger partial charge in [0, 0.05) is 44.3 Å². The minimum atomic E-state index is -3.69. The lowest BCUT2D eigenvalue weighted by molar-refractivity contribution is 0.152. The Hall–Kier alpha value is -3.21. The highest BCUT2D eigenvalue weighted by molar-refractivity contribution is 7.89. The van der Waals surface area contributed by atoms with E-state index in [1.807, 2.05) is 26.8 Å². The van der Waals surface area contributed by atoms with Crippen molar-refractivity contribution in [3.05, 3.63) is 70.4 Å². The Bertz CT molecular complexity index is 1460. The lowest BCUT2D eigenvalue weighted by atomic mass is 9.87. The van der Waals surface area contributed by atoms with Crippen molar-refractivity contribution in [2.45, 2.75) is 51.5 Å². The van der Waals surface area contributed by atoms with E-state index < -0.39 is 10.0 Å². The summed E-state index contributed by atoms with van der Waals surface area (Å²) in [6.07, 6.45) is 7.17. The van der Waals surface area contributed by atoms with E-state index in [9.17, 15) is 8.42 Å². The van der Waals surface area contributed by atoms with Crippen LogP contribution in [0.4, 0.5) is 17.5 Å². The summed E-state index contributed by atoms with van der Waals surface area (Å²) in [6, 6.07) is 6.60. The molecule has 0 bridgehead atoms. The molecule has 4 rings (SSSR count). The normalized spacial score (nSPS) is 17.9. The monoisotopic (exact) mass is 556 g/mol. The fourth-order valence-corrected chi connectivity index (χ4v) is 5.40. The van der Waals surface area contributed by atoms with Gasteiger partial charge in [-0.15, -0.1) is 0 Å². The fourth-order valence-electron chi connectivity index (χ4n) is 4.22. The number of allylic oxidation sites excluding steroid dienone is 4. The molecule has 1 unspecified atom stereocenters. The second-order valence-corrected chi connectivity index (χ2v) is 12.3. The molecule has 1 aliphatic carbocycles. The highest BCUT2D eigenvalue weighted by Gasteiger charge is 2.28. The summed E-state index contributed by atoms with van der Waals surface area (Å²) in [5.74, 6) is 1.41. The molecule has 38 heavy (non-hydrogen) atoms. The van der Waals surface area contributed by atoms with E-state index in [1.165, 1.54) is 31.9 Å². The third kappa shape index (κ3) is 6.09. The Labute approximate surface area is 229 Å². The third-order valence-corrected chi connectivity index (χ3v) is 8.32. The second kappa shape index (κ2) is 11.3. The van der Waals surface area contributed by atoms with Crippen LogP contribution in [0, 0.1) is 5.92 Å². The molecule has 1 aromatic heterocycles. The van der Waals surface area contributed by atoms with E-state index in [0.29, 0.717) is 18.1 Å². The molecule has 0 spiro atoms. The smallest absolute Gasteiger partial charge is 0.244 e. The van der Waals surface area contributed by atoms with Crippen LogP contribution in [-0.4, -0.2) is 48.6 Å². The lowest BCUT2D eigenvalue weighted by Gasteiger charge is -2.27. The zero-order valence-electron chi connectivity index (χ0n) is 22.4. The van der Waals surface area contributed by atoms with E-state index in [0.717, 1.165) is 33.6 Å². The van der Waals surface area contributed by atoms with Crippen molar-refractivity contribution in [3.8, 4) is 0 Å². The average Bonchev–Trinajstić information content (AvgIpc) is 3.28. The molecule has 0 fully saturated rings. The van der Waals surface area contributed by atoms with Crippen LogP contribution < -0.4 is 10.6 Å². The van der Waals surface area contributed by atoms with Crippen molar-refractivity contribution in [1.29, 1.82) is 0 Å². The first-order valence-electron chi connectivity index (χ1n) is 12.4. The van der Waals surface area contributed by atoms with Crippen LogP contribution in [0.2, 0.25) is 5.02 Å². The van der Waals surface area contributed by atoms with Crippen LogP contribution >= 0.6 is 11.6 Å². The molecule has 2 N–H and O–H groups in total. The second-order valence-electron chi connectivity index (χ2n) is 9.76. The number of aliphatic imine (C=N–C) groups is 1. The standard InChI is InChI=1S/C27H33ClN6O3S/c1-16(2)37-24-13-17(3)19(21-12-11-18(4)30-21)14-23(24)32-27-29-15-20(28)26(33-27)31-22-9-7-8-10-25(22)38(35,36)34(5)6/h7-10,12-13,15-16,19H,11,14H2,1-6H3,(H2,29,31,32,33). The number of hydrogen-bond acceptors (Lipinski definition) is 8. The van der Waals surface area contributed by atoms with Crippen LogP contribution in [0.15, 0.2) is 75.2 Å². The number of anilines is 3. The Balaban J connectivity index is 1.66. The number of benzene rings is 1. The number of halogens is 1. The minimum absolute atomic E-state index is 0.0214. The molecule has 11 heteroatoms. The van der Waals surface area contributed by atoms with Gasteiger partial charge in [-0.3, -0.25) is 4.99 Å². The van der Waals surface area contributed by atoms with E-state index in [1.54, 1.807) is 18.2 Å². The van der Waals surface area contributed by atoms with Gasteiger partial charge >= 0.3 is 0 Å². The van der Waals surface area contributed by atoms with Crippen molar-refractivity contribution in [2.24, 2.45) is 10.9 Å². The maximum atomic E-state index is 12.8. The first kappa shape index (κ1) is 27.8. The first-order valence-corrected chi connectivity index (χ1v) is 14.2. The van der Waals surface area contributed by atoms with Gasteiger partial charge in [-0.05, 0) is 45.9 Å². The fraction of sp³-hybridized carbons (Fsp3) is 0.370. The average molecular weight is 557 g/mol. The highest BCUT2D eigenvalue weighted by Crippen LogP contribution is 2.37. The number of para-hydroxylation sites is 1. The van der Waals surface area contributed by atoms with Crippen LogP contribution in [0.3, 0.4) is 0 Å². The molecule has 0 radical (unpaired) electrons. The summed E-state index contributed by atoms with van der Waals surface area (Å²) in [5, 5.41) is 6.65. The minimum Gasteiger partial charge on any atom is -0.489 e. The van der Waals surface area contributed by atoms with E-state index in [-0.39, 0.29) is 27.8 Å². The van der Waals surface area contributed by atoms with Gasteiger partial charge in [0.15, 0.2) is 5.82 Å². The molecule has 1 atom stereocenters. The molecule has 1 aromatic carbocycles. The predicted molar refractivity (Wildman–Crippen MR) is 152 cm³/mol. The molecule has 0 saturated carbocycles. The van der Waals surface area contributed by atoms with Crippen LogP contribution in [0.5, 0.6) is 0 Å². The molecule has 2 aromatic rings. The molecular formula is C27H33ClN6O3S. The maximum absolute atomic E-state index is 12.8. The van der Waals surface area contributed by atoms with Crippen LogP contribution in [0.25, 0.3) is 0 Å². The summed E-state index contributed by atoms with van der Waals surface area (Å²) in [4.78, 5) is 13.8. The zero-order chi connectivity index (χ0) is 27.6. The van der Waals surface area contributed by atoms with Crippen LogP contribution in [-0.2, 0) is 14.8 Å². The zero-order valence-corrected chi connectivity index (χ0v) is 24.0. The Morgan fingerprint density at radius 3 is 2.55 bits per heavy atom. The molecule has 202 valence electrons. The predicted octanol–water partition coefficient (Wildman–Crippen LogP) is 5.89. The molecule has 1 aliphatic heterocycles. The number of nitrogens with one attached hydrogen (secondary N) is 2. The van der Waals surface area contributed by atoms with Crippen molar-refractivity contribution in [3.63, 3.8) is 0 Å². The number of nitrogens with zero attached hydrogens (tertiary/aromatic N) is 4. The van der Waals surface area contributed by atoms with Gasteiger partial charge in [0.2, 0.25) is 16.0 Å². The van der Waals surface area contributed by atoms with Gasteiger partial charge in [-0.1, -0.05) is 35.4 Å². The third-order valence-electron chi connectivity index (χ3n) is 6.17. The summed E-state index contributed by atoms with van der Waals surface area (Å²) < 4.78 is 33.0. The van der Waals surface area contributed by atoms with Gasteiger partial charge < -0.3 is 15.4 Å². The van der Waals surface area contributed by atoms with Gasteiger partial charge in [-0.2, -0.15) is 4.98 Å². The molecular weight excluding hydrogens is 524 g/mol. The number of rotatable bonds is 9. The van der Waals surface area contributed by atoms with Crippen molar-refractivity contribution < 1.29 is 13.2 Å². The topological polar surface area (TPSA) is 109 Å². The molecule has 0 saturated heterocycles. The van der Waals surface area contributed by atoms with E-state index >= 15 is 0 Å². The Morgan fingerprint density at radius 1 is 1.16 bits per heavy atom. The van der Waals surface area contributed by atoms with Crippen molar-refractivity contribution in [1.82, 2.24) is 14.3 Å². The molecule has 0 amide bonds. The van der Waals surface area contributed by atoms with E-state index in [2.05, 4.69) is 33.6 Å². The van der Waals surface area contributed by atoms with Crippen LogP contribution in [0.1, 0.15) is 40.5 Å². The molecule has 9 nitrogen and oxygen atoms in total. The Kier molecular flexibility index (Phi) is 8.25. The summed E-state index contributed by atoms with van der Waals surface area (Å²) in [5.41, 5.74) is 4.52.